The molecule has 26 heavy (non-hydrogen) atoms. The highest BCUT2D eigenvalue weighted by atomic mass is 16.5. The minimum absolute atomic E-state index is 0.170. The van der Waals surface area contributed by atoms with Crippen LogP contribution in [0.2, 0.25) is 0 Å². The standard InChI is InChI=1S/C19H24N2O5/c1-11(16(22)20-13-6-4-5-7-13)25-17(23)12-8-9-15-14(10-12)21-18(24)19(2,3)26-15/h8-11,13H,4-7H2,1-3H3,(H,20,22)(H,21,24). The van der Waals surface area contributed by atoms with Crippen molar-refractivity contribution in [2.75, 3.05) is 5.32 Å². The van der Waals surface area contributed by atoms with E-state index in [1.807, 2.05) is 0 Å². The first kappa shape index (κ1) is 18.2. The average molecular weight is 360 g/mol. The third-order valence-electron chi connectivity index (χ3n) is 4.73. The first-order chi connectivity index (χ1) is 12.3. The smallest absolute Gasteiger partial charge is 0.338 e. The summed E-state index contributed by atoms with van der Waals surface area (Å²) in [5.74, 6) is -0.722. The van der Waals surface area contributed by atoms with Crippen molar-refractivity contribution >= 4 is 23.5 Å². The van der Waals surface area contributed by atoms with E-state index in [9.17, 15) is 14.4 Å². The molecule has 1 aliphatic carbocycles. The second-order valence-corrected chi connectivity index (χ2v) is 7.31. The van der Waals surface area contributed by atoms with Gasteiger partial charge in [-0.2, -0.15) is 0 Å². The van der Waals surface area contributed by atoms with E-state index in [1.165, 1.54) is 6.07 Å². The molecule has 0 bridgehead atoms. The number of anilines is 1. The van der Waals surface area contributed by atoms with Crippen molar-refractivity contribution in [3.63, 3.8) is 0 Å². The lowest BCUT2D eigenvalue weighted by atomic mass is 10.0. The quantitative estimate of drug-likeness (QED) is 0.804. The summed E-state index contributed by atoms with van der Waals surface area (Å²) in [6.45, 7) is 4.88. The Kier molecular flexibility index (Phi) is 4.89. The van der Waals surface area contributed by atoms with Crippen molar-refractivity contribution in [2.24, 2.45) is 0 Å². The van der Waals surface area contributed by atoms with Crippen molar-refractivity contribution < 1.29 is 23.9 Å². The number of carbonyl (C=O) groups excluding carboxylic acids is 3. The first-order valence-corrected chi connectivity index (χ1v) is 8.92. The lowest BCUT2D eigenvalue weighted by Gasteiger charge is -2.31. The average Bonchev–Trinajstić information content (AvgIpc) is 3.08. The van der Waals surface area contributed by atoms with Gasteiger partial charge in [-0.1, -0.05) is 12.8 Å². The molecule has 0 saturated heterocycles. The van der Waals surface area contributed by atoms with Crippen molar-refractivity contribution in [3.05, 3.63) is 23.8 Å². The van der Waals surface area contributed by atoms with E-state index in [1.54, 1.807) is 32.9 Å². The molecule has 1 heterocycles. The Balaban J connectivity index is 1.64. The highest BCUT2D eigenvalue weighted by Crippen LogP contribution is 2.34. The highest BCUT2D eigenvalue weighted by molar-refractivity contribution is 6.02. The van der Waals surface area contributed by atoms with Crippen LogP contribution in [0.15, 0.2) is 18.2 Å². The molecular weight excluding hydrogens is 336 g/mol. The summed E-state index contributed by atoms with van der Waals surface area (Å²) in [6.07, 6.45) is 3.27. The molecule has 1 saturated carbocycles. The van der Waals surface area contributed by atoms with Gasteiger partial charge in [0.15, 0.2) is 11.7 Å². The second-order valence-electron chi connectivity index (χ2n) is 7.31. The van der Waals surface area contributed by atoms with Crippen LogP contribution in [0.1, 0.15) is 56.8 Å². The minimum Gasteiger partial charge on any atom is -0.476 e. The van der Waals surface area contributed by atoms with Crippen molar-refractivity contribution in [1.29, 1.82) is 0 Å². The van der Waals surface area contributed by atoms with Crippen LogP contribution in [-0.2, 0) is 14.3 Å². The summed E-state index contributed by atoms with van der Waals surface area (Å²) in [4.78, 5) is 36.5. The molecule has 140 valence electrons. The lowest BCUT2D eigenvalue weighted by molar-refractivity contribution is -0.130. The van der Waals surface area contributed by atoms with Crippen LogP contribution >= 0.6 is 0 Å². The molecule has 2 aliphatic rings. The molecule has 0 radical (unpaired) electrons. The number of hydrogen-bond acceptors (Lipinski definition) is 5. The molecule has 1 fully saturated rings. The molecule has 1 unspecified atom stereocenters. The maximum absolute atomic E-state index is 12.3. The number of benzene rings is 1. The van der Waals surface area contributed by atoms with E-state index in [4.69, 9.17) is 9.47 Å². The molecule has 3 rings (SSSR count). The van der Waals surface area contributed by atoms with Gasteiger partial charge in [-0.05, 0) is 51.8 Å². The lowest BCUT2D eigenvalue weighted by Crippen LogP contribution is -2.45. The van der Waals surface area contributed by atoms with E-state index in [0.717, 1.165) is 25.7 Å². The van der Waals surface area contributed by atoms with Crippen molar-refractivity contribution in [3.8, 4) is 5.75 Å². The number of ether oxygens (including phenoxy) is 2. The van der Waals surface area contributed by atoms with Crippen LogP contribution in [0.3, 0.4) is 0 Å². The van der Waals surface area contributed by atoms with E-state index >= 15 is 0 Å². The summed E-state index contributed by atoms with van der Waals surface area (Å²) in [5.41, 5.74) is -0.318. The zero-order valence-electron chi connectivity index (χ0n) is 15.3. The molecule has 1 aromatic carbocycles. The third-order valence-corrected chi connectivity index (χ3v) is 4.73. The third kappa shape index (κ3) is 3.81. The van der Waals surface area contributed by atoms with Gasteiger partial charge in [-0.15, -0.1) is 0 Å². The van der Waals surface area contributed by atoms with Gasteiger partial charge in [0.1, 0.15) is 5.75 Å². The second kappa shape index (κ2) is 6.97. The van der Waals surface area contributed by atoms with Crippen LogP contribution < -0.4 is 15.4 Å². The number of carbonyl (C=O) groups is 3. The molecule has 1 atom stereocenters. The predicted molar refractivity (Wildman–Crippen MR) is 95.1 cm³/mol. The highest BCUT2D eigenvalue weighted by Gasteiger charge is 2.35. The van der Waals surface area contributed by atoms with E-state index in [2.05, 4.69) is 10.6 Å². The van der Waals surface area contributed by atoms with Gasteiger partial charge in [0.05, 0.1) is 11.3 Å². The van der Waals surface area contributed by atoms with Crippen LogP contribution in [0, 0.1) is 0 Å². The molecule has 7 nitrogen and oxygen atoms in total. The van der Waals surface area contributed by atoms with Crippen LogP contribution in [0.5, 0.6) is 5.75 Å². The summed E-state index contributed by atoms with van der Waals surface area (Å²) < 4.78 is 10.9. The molecular formula is C19H24N2O5. The number of esters is 1. The van der Waals surface area contributed by atoms with E-state index in [-0.39, 0.29) is 23.4 Å². The molecule has 0 spiro atoms. The first-order valence-electron chi connectivity index (χ1n) is 8.92. The predicted octanol–water partition coefficient (Wildman–Crippen LogP) is 2.40. The topological polar surface area (TPSA) is 93.7 Å². The van der Waals surface area contributed by atoms with Crippen LogP contribution in [-0.4, -0.2) is 35.5 Å². The van der Waals surface area contributed by atoms with Gasteiger partial charge >= 0.3 is 5.97 Å². The van der Waals surface area contributed by atoms with Gasteiger partial charge in [0, 0.05) is 6.04 Å². The molecule has 2 amide bonds. The Bertz CT molecular complexity index is 737. The molecule has 0 aromatic heterocycles. The summed E-state index contributed by atoms with van der Waals surface area (Å²) in [7, 11) is 0. The zero-order valence-corrected chi connectivity index (χ0v) is 15.3. The maximum atomic E-state index is 12.3. The Morgan fingerprint density at radius 3 is 2.69 bits per heavy atom. The van der Waals surface area contributed by atoms with E-state index < -0.39 is 17.7 Å². The normalized spacial score (nSPS) is 19.7. The fourth-order valence-electron chi connectivity index (χ4n) is 3.11. The fraction of sp³-hybridized carbons (Fsp3) is 0.526. The zero-order chi connectivity index (χ0) is 18.9. The van der Waals surface area contributed by atoms with Crippen LogP contribution in [0.4, 0.5) is 5.69 Å². The largest absolute Gasteiger partial charge is 0.476 e. The number of nitrogens with one attached hydrogen (secondary N) is 2. The number of hydrogen-bond donors (Lipinski definition) is 2. The Hall–Kier alpha value is -2.57. The van der Waals surface area contributed by atoms with Crippen molar-refractivity contribution in [1.82, 2.24) is 5.32 Å². The van der Waals surface area contributed by atoms with Gasteiger partial charge in [-0.25, -0.2) is 4.79 Å². The van der Waals surface area contributed by atoms with E-state index in [0.29, 0.717) is 11.4 Å². The summed E-state index contributed by atoms with van der Waals surface area (Å²) in [5, 5.41) is 5.63. The van der Waals surface area contributed by atoms with Crippen LogP contribution in [0.25, 0.3) is 0 Å². The van der Waals surface area contributed by atoms with Gasteiger partial charge in [-0.3, -0.25) is 9.59 Å². The summed E-state index contributed by atoms with van der Waals surface area (Å²) in [6, 6.07) is 4.82. The fourth-order valence-corrected chi connectivity index (χ4v) is 3.11. The van der Waals surface area contributed by atoms with Gasteiger partial charge < -0.3 is 20.1 Å². The Labute approximate surface area is 152 Å². The molecule has 2 N–H and O–H groups in total. The SMILES string of the molecule is CC(OC(=O)c1ccc2c(c1)NC(=O)C(C)(C)O2)C(=O)NC1CCCC1. The molecule has 1 aliphatic heterocycles. The monoisotopic (exact) mass is 360 g/mol. The van der Waals surface area contributed by atoms with Crippen molar-refractivity contribution in [2.45, 2.75) is 64.2 Å². The van der Waals surface area contributed by atoms with Gasteiger partial charge in [0.2, 0.25) is 0 Å². The summed E-state index contributed by atoms with van der Waals surface area (Å²) >= 11 is 0. The number of rotatable bonds is 4. The minimum atomic E-state index is -0.970. The number of fused-ring (bicyclic) bond motifs is 1. The van der Waals surface area contributed by atoms with Gasteiger partial charge in [0.25, 0.3) is 11.8 Å². The Morgan fingerprint density at radius 1 is 1.31 bits per heavy atom. The number of amides is 2. The maximum Gasteiger partial charge on any atom is 0.338 e. The molecule has 1 aromatic rings. The molecule has 7 heteroatoms. The Morgan fingerprint density at radius 2 is 2.00 bits per heavy atom.